The zero-order chi connectivity index (χ0) is 18.4. The number of hydrogen-bond acceptors (Lipinski definition) is 2. The number of hydrogen-bond donors (Lipinski definition) is 0. The van der Waals surface area contributed by atoms with Gasteiger partial charge in [-0.25, -0.2) is 0 Å². The van der Waals surface area contributed by atoms with Crippen molar-refractivity contribution in [2.24, 2.45) is 0 Å². The average molecular weight is 427 g/mol. The van der Waals surface area contributed by atoms with E-state index in [4.69, 9.17) is 0 Å². The molecular formula is C19H34GeO2SSi. The maximum absolute atomic E-state index is 13.4. The van der Waals surface area contributed by atoms with Crippen LogP contribution in [0.4, 0.5) is 0 Å². The summed E-state index contributed by atoms with van der Waals surface area (Å²) in [4.78, 5) is 0.484. The Morgan fingerprint density at radius 2 is 1.50 bits per heavy atom. The Labute approximate surface area is 153 Å². The van der Waals surface area contributed by atoms with Gasteiger partial charge in [-0.3, -0.25) is 0 Å². The van der Waals surface area contributed by atoms with E-state index in [0.29, 0.717) is 4.90 Å². The SMILES string of the molecule is C[CH2][Ge]([CH2]C)([CH2]C)[CH](/C=C/C[Si](C)(C)C)S(=O)(=O)c1ccccc1. The van der Waals surface area contributed by atoms with Crippen LogP contribution in [-0.2, 0) is 9.84 Å². The molecule has 5 heteroatoms. The van der Waals surface area contributed by atoms with Crippen LogP contribution < -0.4 is 0 Å². The number of allylic oxidation sites excluding steroid dienone is 1. The van der Waals surface area contributed by atoms with Crippen LogP contribution in [0.25, 0.3) is 0 Å². The van der Waals surface area contributed by atoms with E-state index in [9.17, 15) is 8.42 Å². The zero-order valence-corrected chi connectivity index (χ0v) is 20.1. The molecule has 1 rings (SSSR count). The molecule has 0 radical (unpaired) electrons. The van der Waals surface area contributed by atoms with Gasteiger partial charge in [0.1, 0.15) is 0 Å². The minimum atomic E-state index is -3.30. The Bertz CT molecular complexity index is 621. The van der Waals surface area contributed by atoms with Crippen molar-refractivity contribution in [3.05, 3.63) is 42.5 Å². The summed E-state index contributed by atoms with van der Waals surface area (Å²) < 4.78 is 26.6. The van der Waals surface area contributed by atoms with Crippen LogP contribution in [0.15, 0.2) is 47.4 Å². The Morgan fingerprint density at radius 1 is 1.00 bits per heavy atom. The number of sulfone groups is 1. The third kappa shape index (κ3) is 5.33. The molecule has 0 saturated carbocycles. The molecule has 0 aliphatic rings. The van der Waals surface area contributed by atoms with Crippen LogP contribution in [0.2, 0.25) is 41.4 Å². The van der Waals surface area contributed by atoms with E-state index in [1.807, 2.05) is 18.2 Å². The quantitative estimate of drug-likeness (QED) is 0.370. The van der Waals surface area contributed by atoms with E-state index in [2.05, 4.69) is 52.6 Å². The van der Waals surface area contributed by atoms with Crippen molar-refractivity contribution in [3.8, 4) is 0 Å². The summed E-state index contributed by atoms with van der Waals surface area (Å²) in [5.74, 6) is 0. The van der Waals surface area contributed by atoms with Crippen molar-refractivity contribution in [2.75, 3.05) is 0 Å². The molecule has 1 unspecified atom stereocenters. The molecule has 2 nitrogen and oxygen atoms in total. The summed E-state index contributed by atoms with van der Waals surface area (Å²) in [6, 6.07) is 10.1. The molecular weight excluding hydrogens is 393 g/mol. The Morgan fingerprint density at radius 3 is 1.92 bits per heavy atom. The molecule has 1 atom stereocenters. The minimum absolute atomic E-state index is 0.267. The standard InChI is InChI=1S/C19H34GeO2SSi/c1-7-20(8-2,9-3)19(16-13-17-24(4,5)6)23(21,22)18-14-11-10-12-15-18/h10-16,19H,7-9,17H2,1-6H3/b16-13+. The monoisotopic (exact) mass is 428 g/mol. The molecule has 1 aromatic carbocycles. The molecule has 1 aromatic rings. The summed E-state index contributed by atoms with van der Waals surface area (Å²) >= 11 is -2.52. The van der Waals surface area contributed by atoms with Crippen molar-refractivity contribution >= 4 is 31.2 Å². The van der Waals surface area contributed by atoms with Crippen LogP contribution in [0.5, 0.6) is 0 Å². The van der Waals surface area contributed by atoms with Gasteiger partial charge < -0.3 is 0 Å². The molecule has 0 bridgehead atoms. The molecule has 0 aliphatic carbocycles. The van der Waals surface area contributed by atoms with Gasteiger partial charge in [0.2, 0.25) is 0 Å². The van der Waals surface area contributed by atoms with Gasteiger partial charge in [-0.05, 0) is 0 Å². The van der Waals surface area contributed by atoms with Crippen LogP contribution >= 0.6 is 0 Å². The average Bonchev–Trinajstić information content (AvgIpc) is 2.55. The second-order valence-electron chi connectivity index (χ2n) is 7.89. The van der Waals surface area contributed by atoms with Gasteiger partial charge in [0.05, 0.1) is 0 Å². The van der Waals surface area contributed by atoms with Gasteiger partial charge in [-0.1, -0.05) is 0 Å². The third-order valence-electron chi connectivity index (χ3n) is 5.16. The van der Waals surface area contributed by atoms with E-state index < -0.39 is 31.2 Å². The van der Waals surface area contributed by atoms with Crippen LogP contribution in [0, 0.1) is 0 Å². The van der Waals surface area contributed by atoms with Crippen LogP contribution in [-0.4, -0.2) is 33.8 Å². The normalized spacial score (nSPS) is 14.9. The maximum atomic E-state index is 13.4. The van der Waals surface area contributed by atoms with Crippen molar-refractivity contribution in [1.82, 2.24) is 0 Å². The molecule has 0 aromatic heterocycles. The molecule has 0 fully saturated rings. The van der Waals surface area contributed by atoms with E-state index in [0.717, 1.165) is 21.8 Å². The Hall–Kier alpha value is -0.330. The van der Waals surface area contributed by atoms with Gasteiger partial charge in [-0.15, -0.1) is 0 Å². The zero-order valence-electron chi connectivity index (χ0n) is 16.2. The molecule has 0 heterocycles. The van der Waals surface area contributed by atoms with Crippen molar-refractivity contribution in [2.45, 2.75) is 71.2 Å². The summed E-state index contributed by atoms with van der Waals surface area (Å²) in [6.07, 6.45) is 4.26. The van der Waals surface area contributed by atoms with E-state index in [1.165, 1.54) is 0 Å². The third-order valence-corrected chi connectivity index (χ3v) is 24.7. The fraction of sp³-hybridized carbons (Fsp3) is 0.579. The first-order chi connectivity index (χ1) is 11.1. The van der Waals surface area contributed by atoms with Gasteiger partial charge in [-0.2, -0.15) is 0 Å². The van der Waals surface area contributed by atoms with Gasteiger partial charge >= 0.3 is 153 Å². The molecule has 0 N–H and O–H groups in total. The fourth-order valence-electron chi connectivity index (χ4n) is 3.29. The van der Waals surface area contributed by atoms with E-state index in [1.54, 1.807) is 12.1 Å². The first-order valence-corrected chi connectivity index (χ1v) is 20.0. The van der Waals surface area contributed by atoms with Crippen LogP contribution in [0.3, 0.4) is 0 Å². The van der Waals surface area contributed by atoms with Crippen molar-refractivity contribution in [3.63, 3.8) is 0 Å². The van der Waals surface area contributed by atoms with Gasteiger partial charge in [0.15, 0.2) is 0 Å². The van der Waals surface area contributed by atoms with Crippen molar-refractivity contribution in [1.29, 1.82) is 0 Å². The number of rotatable bonds is 9. The summed E-state index contributed by atoms with van der Waals surface area (Å²) in [5.41, 5.74) is 0. The summed E-state index contributed by atoms with van der Waals surface area (Å²) in [6.45, 7) is 13.6. The topological polar surface area (TPSA) is 34.1 Å². The predicted octanol–water partition coefficient (Wildman–Crippen LogP) is 5.77. The van der Waals surface area contributed by atoms with E-state index >= 15 is 0 Å². The first kappa shape index (κ1) is 21.7. The van der Waals surface area contributed by atoms with E-state index in [-0.39, 0.29) is 4.08 Å². The van der Waals surface area contributed by atoms with Gasteiger partial charge in [0.25, 0.3) is 0 Å². The second kappa shape index (κ2) is 8.86. The van der Waals surface area contributed by atoms with Gasteiger partial charge in [0, 0.05) is 0 Å². The molecule has 0 amide bonds. The fourth-order valence-corrected chi connectivity index (χ4v) is 20.4. The predicted molar refractivity (Wildman–Crippen MR) is 112 cm³/mol. The molecule has 24 heavy (non-hydrogen) atoms. The van der Waals surface area contributed by atoms with Crippen LogP contribution in [0.1, 0.15) is 20.8 Å². The molecule has 0 aliphatic heterocycles. The number of benzene rings is 1. The van der Waals surface area contributed by atoms with Crippen molar-refractivity contribution < 1.29 is 8.42 Å². The molecule has 136 valence electrons. The summed E-state index contributed by atoms with van der Waals surface area (Å²) in [7, 11) is -4.51. The first-order valence-electron chi connectivity index (χ1n) is 9.08. The Balaban J connectivity index is 3.38. The Kier molecular flexibility index (Phi) is 8.01. The second-order valence-corrected chi connectivity index (χ2v) is 27.8. The molecule has 0 spiro atoms. The molecule has 0 saturated heterocycles. The summed E-state index contributed by atoms with van der Waals surface area (Å²) in [5, 5.41) is 3.17.